The number of aliphatic imine (C=N–C) groups is 1. The van der Waals surface area contributed by atoms with Crippen LogP contribution in [0.25, 0.3) is 5.69 Å². The van der Waals surface area contributed by atoms with Gasteiger partial charge in [0.05, 0.1) is 6.54 Å². The van der Waals surface area contributed by atoms with E-state index in [1.807, 2.05) is 59.2 Å². The highest BCUT2D eigenvalue weighted by atomic mass is 127. The lowest BCUT2D eigenvalue weighted by molar-refractivity contribution is 0.754. The monoisotopic (exact) mass is 482 g/mol. The Bertz CT molecular complexity index is 850. The van der Waals surface area contributed by atoms with Gasteiger partial charge in [-0.25, -0.2) is 0 Å². The van der Waals surface area contributed by atoms with Crippen molar-refractivity contribution in [3.8, 4) is 5.69 Å². The zero-order valence-electron chi connectivity index (χ0n) is 14.3. The molecule has 0 bridgehead atoms. The highest BCUT2D eigenvalue weighted by Crippen LogP contribution is 2.14. The van der Waals surface area contributed by atoms with Crippen LogP contribution in [0.2, 0.25) is 5.02 Å². The molecule has 0 spiro atoms. The van der Waals surface area contributed by atoms with Crippen molar-refractivity contribution in [1.82, 2.24) is 25.4 Å². The van der Waals surface area contributed by atoms with Crippen molar-refractivity contribution in [3.63, 3.8) is 0 Å². The van der Waals surface area contributed by atoms with Gasteiger partial charge in [-0.15, -0.1) is 34.2 Å². The molecule has 3 rings (SSSR count). The van der Waals surface area contributed by atoms with Crippen molar-refractivity contribution < 1.29 is 0 Å². The molecule has 0 radical (unpaired) electrons. The molecular weight excluding hydrogens is 463 g/mol. The molecule has 0 fully saturated rings. The average molecular weight is 483 g/mol. The first-order chi connectivity index (χ1) is 12.3. The van der Waals surface area contributed by atoms with E-state index in [-0.39, 0.29) is 24.0 Å². The van der Waals surface area contributed by atoms with E-state index in [1.165, 1.54) is 0 Å². The van der Waals surface area contributed by atoms with Crippen LogP contribution in [0.15, 0.2) is 65.9 Å². The Labute approximate surface area is 174 Å². The maximum absolute atomic E-state index is 6.18. The summed E-state index contributed by atoms with van der Waals surface area (Å²) in [5.41, 5.74) is 2.03. The molecule has 0 unspecified atom stereocenters. The molecule has 3 aromatic rings. The minimum atomic E-state index is 0. The summed E-state index contributed by atoms with van der Waals surface area (Å²) in [6, 6.07) is 17.7. The van der Waals surface area contributed by atoms with Crippen LogP contribution < -0.4 is 10.6 Å². The van der Waals surface area contributed by atoms with Crippen molar-refractivity contribution in [2.24, 2.45) is 4.99 Å². The predicted molar refractivity (Wildman–Crippen MR) is 115 cm³/mol. The number of aromatic nitrogens is 3. The molecule has 26 heavy (non-hydrogen) atoms. The maximum Gasteiger partial charge on any atom is 0.191 e. The lowest BCUT2D eigenvalue weighted by atomic mass is 10.2. The average Bonchev–Trinajstić information content (AvgIpc) is 3.12. The number of guanidine groups is 1. The van der Waals surface area contributed by atoms with Gasteiger partial charge < -0.3 is 10.6 Å². The van der Waals surface area contributed by atoms with Crippen molar-refractivity contribution in [1.29, 1.82) is 0 Å². The topological polar surface area (TPSA) is 67.1 Å². The van der Waals surface area contributed by atoms with Crippen LogP contribution in [0.1, 0.15) is 11.4 Å². The fraction of sp³-hybridized carbons (Fsp3) is 0.167. The number of hydrogen-bond acceptors (Lipinski definition) is 3. The molecule has 0 amide bonds. The maximum atomic E-state index is 6.18. The van der Waals surface area contributed by atoms with E-state index < -0.39 is 0 Å². The van der Waals surface area contributed by atoms with Gasteiger partial charge in [0.2, 0.25) is 0 Å². The lowest BCUT2D eigenvalue weighted by Crippen LogP contribution is -2.37. The standard InChI is InChI=1S/C18H19ClN6.HI/c1-20-18(21-11-14-7-5-6-10-16(14)19)22-12-17-24-23-13-25(17)15-8-3-2-4-9-15;/h2-10,13H,11-12H2,1H3,(H2,20,21,22);1H. The number of nitrogens with zero attached hydrogens (tertiary/aromatic N) is 4. The third kappa shape index (κ3) is 5.18. The van der Waals surface area contributed by atoms with Gasteiger partial charge in [0, 0.05) is 24.3 Å². The number of hydrogen-bond donors (Lipinski definition) is 2. The Morgan fingerprint density at radius 3 is 2.46 bits per heavy atom. The fourth-order valence-corrected chi connectivity index (χ4v) is 2.59. The second-order valence-electron chi connectivity index (χ2n) is 5.32. The van der Waals surface area contributed by atoms with Crippen LogP contribution in [0.4, 0.5) is 0 Å². The van der Waals surface area contributed by atoms with Gasteiger partial charge in [-0.2, -0.15) is 0 Å². The lowest BCUT2D eigenvalue weighted by Gasteiger charge is -2.13. The van der Waals surface area contributed by atoms with Crippen LogP contribution in [0, 0.1) is 0 Å². The van der Waals surface area contributed by atoms with Crippen molar-refractivity contribution in [2.75, 3.05) is 7.05 Å². The quantitative estimate of drug-likeness (QED) is 0.332. The van der Waals surface area contributed by atoms with Gasteiger partial charge in [-0.05, 0) is 23.8 Å². The van der Waals surface area contributed by atoms with Gasteiger partial charge in [0.1, 0.15) is 6.33 Å². The van der Waals surface area contributed by atoms with Gasteiger partial charge in [-0.3, -0.25) is 9.56 Å². The molecule has 2 aromatic carbocycles. The van der Waals surface area contributed by atoms with E-state index in [1.54, 1.807) is 13.4 Å². The molecule has 0 saturated carbocycles. The second-order valence-corrected chi connectivity index (χ2v) is 5.73. The molecule has 0 aliphatic heterocycles. The molecule has 136 valence electrons. The molecule has 1 heterocycles. The molecule has 8 heteroatoms. The largest absolute Gasteiger partial charge is 0.352 e. The van der Waals surface area contributed by atoms with Crippen LogP contribution >= 0.6 is 35.6 Å². The Kier molecular flexibility index (Phi) is 7.86. The summed E-state index contributed by atoms with van der Waals surface area (Å²) in [5, 5.41) is 15.4. The molecule has 0 aliphatic rings. The number of para-hydroxylation sites is 1. The minimum absolute atomic E-state index is 0. The second kappa shape index (κ2) is 10.1. The zero-order chi connectivity index (χ0) is 17.5. The fourth-order valence-electron chi connectivity index (χ4n) is 2.39. The summed E-state index contributed by atoms with van der Waals surface area (Å²) in [7, 11) is 1.73. The minimum Gasteiger partial charge on any atom is -0.352 e. The smallest absolute Gasteiger partial charge is 0.191 e. The highest BCUT2D eigenvalue weighted by Gasteiger charge is 2.07. The first-order valence-electron chi connectivity index (χ1n) is 7.90. The Morgan fingerprint density at radius 2 is 1.73 bits per heavy atom. The number of nitrogens with one attached hydrogen (secondary N) is 2. The summed E-state index contributed by atoms with van der Waals surface area (Å²) in [6.07, 6.45) is 1.70. The van der Waals surface area contributed by atoms with Gasteiger partial charge in [0.15, 0.2) is 11.8 Å². The number of halogens is 2. The Hall–Kier alpha value is -2.13. The predicted octanol–water partition coefficient (Wildman–Crippen LogP) is 3.40. The van der Waals surface area contributed by atoms with E-state index in [2.05, 4.69) is 25.8 Å². The summed E-state index contributed by atoms with van der Waals surface area (Å²) in [5.74, 6) is 1.47. The number of rotatable bonds is 5. The van der Waals surface area contributed by atoms with E-state index >= 15 is 0 Å². The first-order valence-corrected chi connectivity index (χ1v) is 8.28. The normalized spacial score (nSPS) is 10.9. The summed E-state index contributed by atoms with van der Waals surface area (Å²) < 4.78 is 1.94. The summed E-state index contributed by atoms with van der Waals surface area (Å²) >= 11 is 6.18. The highest BCUT2D eigenvalue weighted by molar-refractivity contribution is 14.0. The van der Waals surface area contributed by atoms with Crippen LogP contribution in [-0.4, -0.2) is 27.8 Å². The molecule has 6 nitrogen and oxygen atoms in total. The van der Waals surface area contributed by atoms with Crippen molar-refractivity contribution >= 4 is 41.5 Å². The van der Waals surface area contributed by atoms with Crippen LogP contribution in [0.3, 0.4) is 0 Å². The first kappa shape index (κ1) is 20.2. The van der Waals surface area contributed by atoms with Crippen LogP contribution in [-0.2, 0) is 13.1 Å². The van der Waals surface area contributed by atoms with E-state index in [9.17, 15) is 0 Å². The van der Waals surface area contributed by atoms with Gasteiger partial charge >= 0.3 is 0 Å². The summed E-state index contributed by atoms with van der Waals surface area (Å²) in [6.45, 7) is 1.09. The van der Waals surface area contributed by atoms with Gasteiger partial charge in [0.25, 0.3) is 0 Å². The molecule has 2 N–H and O–H groups in total. The van der Waals surface area contributed by atoms with E-state index in [4.69, 9.17) is 11.6 Å². The third-order valence-electron chi connectivity index (χ3n) is 3.69. The zero-order valence-corrected chi connectivity index (χ0v) is 17.3. The van der Waals surface area contributed by atoms with Crippen LogP contribution in [0.5, 0.6) is 0 Å². The third-order valence-corrected chi connectivity index (χ3v) is 4.06. The molecule has 0 saturated heterocycles. The SMILES string of the molecule is CN=C(NCc1ccccc1Cl)NCc1nncn1-c1ccccc1.I. The summed E-state index contributed by atoms with van der Waals surface area (Å²) in [4.78, 5) is 4.23. The molecule has 0 aliphatic carbocycles. The van der Waals surface area contributed by atoms with Crippen molar-refractivity contribution in [2.45, 2.75) is 13.1 Å². The molecular formula is C18H20ClIN6. The van der Waals surface area contributed by atoms with Gasteiger partial charge in [-0.1, -0.05) is 48.0 Å². The molecule has 0 atom stereocenters. The van der Waals surface area contributed by atoms with E-state index in [0.717, 1.165) is 22.1 Å². The van der Waals surface area contributed by atoms with E-state index in [0.29, 0.717) is 19.0 Å². The van der Waals surface area contributed by atoms with Crippen molar-refractivity contribution in [3.05, 3.63) is 77.3 Å². The number of benzene rings is 2. The Morgan fingerprint density at radius 1 is 1.04 bits per heavy atom. The molecule has 1 aromatic heterocycles. The Balaban J connectivity index is 0.00000243.